The van der Waals surface area contributed by atoms with Crippen molar-refractivity contribution < 1.29 is 33.0 Å². The van der Waals surface area contributed by atoms with Crippen LogP contribution < -0.4 is 20.1 Å². The molecule has 4 aliphatic rings. The van der Waals surface area contributed by atoms with Crippen LogP contribution in [0.5, 0.6) is 11.5 Å². The van der Waals surface area contributed by atoms with Gasteiger partial charge in [-0.3, -0.25) is 29.4 Å². The highest BCUT2D eigenvalue weighted by molar-refractivity contribution is 8.00. The summed E-state index contributed by atoms with van der Waals surface area (Å²) >= 11 is 7.42. The van der Waals surface area contributed by atoms with Crippen LogP contribution in [0.15, 0.2) is 59.8 Å². The van der Waals surface area contributed by atoms with Gasteiger partial charge in [-0.25, -0.2) is 14.4 Å². The monoisotopic (exact) mass is 844 g/mol. The first-order valence-electron chi connectivity index (χ1n) is 20.0. The number of hydrogen-bond acceptors (Lipinski definition) is 12. The van der Waals surface area contributed by atoms with Crippen molar-refractivity contribution in [3.8, 4) is 11.5 Å². The largest absolute Gasteiger partial charge is 0.493 e. The Morgan fingerprint density at radius 1 is 1.00 bits per heavy atom. The zero-order valence-electron chi connectivity index (χ0n) is 32.8. The molecule has 0 saturated carbocycles. The molecule has 14 nitrogen and oxygen atoms in total. The molecule has 17 heteroatoms. The number of benzene rings is 3. The van der Waals surface area contributed by atoms with Crippen LogP contribution in [-0.4, -0.2) is 131 Å². The van der Waals surface area contributed by atoms with Gasteiger partial charge >= 0.3 is 0 Å². The summed E-state index contributed by atoms with van der Waals surface area (Å²) in [7, 11) is 1.60. The molecular formula is C42H46ClFN8O6S. The van der Waals surface area contributed by atoms with Gasteiger partial charge in [-0.1, -0.05) is 17.7 Å². The Balaban J connectivity index is 0.761. The van der Waals surface area contributed by atoms with Gasteiger partial charge in [0.15, 0.2) is 11.5 Å². The third-order valence-electron chi connectivity index (χ3n) is 11.6. The number of likely N-dealkylation sites (tertiary alicyclic amines) is 1. The first kappa shape index (κ1) is 40.7. The van der Waals surface area contributed by atoms with Gasteiger partial charge in [0, 0.05) is 79.3 Å². The van der Waals surface area contributed by atoms with E-state index in [1.54, 1.807) is 24.1 Å². The van der Waals surface area contributed by atoms with Gasteiger partial charge in [-0.15, -0.1) is 11.8 Å². The molecule has 2 N–H and O–H groups in total. The number of rotatable bonds is 13. The molecule has 1 atom stereocenters. The minimum atomic E-state index is -0.670. The zero-order chi connectivity index (χ0) is 41.0. The number of carbonyl (C=O) groups excluding carboxylic acids is 4. The number of methoxy groups -OCH3 is 1. The maximum Gasteiger partial charge on any atom is 0.255 e. The summed E-state index contributed by atoms with van der Waals surface area (Å²) in [4.78, 5) is 68.8. The summed E-state index contributed by atoms with van der Waals surface area (Å²) in [6.45, 7) is 6.79. The van der Waals surface area contributed by atoms with E-state index in [1.165, 1.54) is 30.2 Å². The zero-order valence-corrected chi connectivity index (χ0v) is 34.3. The molecule has 0 bridgehead atoms. The van der Waals surface area contributed by atoms with Crippen molar-refractivity contribution in [3.63, 3.8) is 0 Å². The number of ether oxygens (including phenoxy) is 2. The van der Waals surface area contributed by atoms with E-state index >= 15 is 0 Å². The van der Waals surface area contributed by atoms with E-state index in [0.29, 0.717) is 66.2 Å². The number of anilines is 2. The second-order valence-electron chi connectivity index (χ2n) is 15.2. The third-order valence-corrected chi connectivity index (χ3v) is 13.0. The molecule has 4 aromatic rings. The Morgan fingerprint density at radius 3 is 2.58 bits per heavy atom. The molecule has 4 aliphatic heterocycles. The standard InChI is InChI=1S/C42H46ClFN8O6S/c1-57-35-22-33-29(40(46-25-45-33)47-26-6-7-32(44)31(43)20-26)21-36(35)58-19-3-12-49-13-10-27(11-14-49)50-15-17-51(18-16-50)39(54)24-59-37-5-2-4-28-30(37)23-52(42(28)56)34-8-9-38(53)48-41(34)55/h2,4-7,20-22,25,27,34H,3,8-19,23-24H2,1H3,(H,45,46,47)(H,48,53,55). The molecule has 5 heterocycles. The molecule has 0 spiro atoms. The number of piperazine rings is 1. The Kier molecular flexibility index (Phi) is 12.5. The highest BCUT2D eigenvalue weighted by atomic mass is 35.5. The number of hydrogen-bond donors (Lipinski definition) is 2. The smallest absolute Gasteiger partial charge is 0.255 e. The number of imide groups is 1. The van der Waals surface area contributed by atoms with E-state index in [-0.39, 0.29) is 41.5 Å². The SMILES string of the molecule is COc1cc2ncnc(Nc3ccc(F)c(Cl)c3)c2cc1OCCCN1CCC(N2CCN(C(=O)CSc3cccc4c3CN(C3CCC(=O)NC3=O)C4=O)CC2)CC1. The molecular weight excluding hydrogens is 799 g/mol. The van der Waals surface area contributed by atoms with Crippen LogP contribution in [0.2, 0.25) is 5.02 Å². The molecule has 59 heavy (non-hydrogen) atoms. The van der Waals surface area contributed by atoms with Crippen molar-refractivity contribution in [3.05, 3.63) is 76.8 Å². The number of piperidine rings is 2. The maximum atomic E-state index is 13.7. The minimum Gasteiger partial charge on any atom is -0.493 e. The van der Waals surface area contributed by atoms with E-state index in [0.717, 1.165) is 67.8 Å². The van der Waals surface area contributed by atoms with E-state index in [9.17, 15) is 23.6 Å². The van der Waals surface area contributed by atoms with E-state index in [2.05, 4.69) is 30.4 Å². The lowest BCUT2D eigenvalue weighted by molar-refractivity contribution is -0.137. The molecule has 0 aliphatic carbocycles. The summed E-state index contributed by atoms with van der Waals surface area (Å²) < 4.78 is 25.6. The van der Waals surface area contributed by atoms with Crippen LogP contribution in [0.3, 0.4) is 0 Å². The second kappa shape index (κ2) is 18.1. The quantitative estimate of drug-likeness (QED) is 0.105. The molecule has 3 saturated heterocycles. The Hall–Kier alpha value is -5.03. The second-order valence-corrected chi connectivity index (χ2v) is 16.6. The van der Waals surface area contributed by atoms with Crippen molar-refractivity contribution >= 4 is 69.4 Å². The molecule has 1 aromatic heterocycles. The average Bonchev–Trinajstić information content (AvgIpc) is 3.59. The van der Waals surface area contributed by atoms with Crippen molar-refractivity contribution in [2.24, 2.45) is 0 Å². The van der Waals surface area contributed by atoms with Crippen LogP contribution in [0.4, 0.5) is 15.9 Å². The van der Waals surface area contributed by atoms with Gasteiger partial charge in [-0.05, 0) is 80.7 Å². The Labute approximate surface area is 350 Å². The van der Waals surface area contributed by atoms with E-state index in [4.69, 9.17) is 21.1 Å². The molecule has 8 rings (SSSR count). The lowest BCUT2D eigenvalue weighted by atomic mass is 10.0. The van der Waals surface area contributed by atoms with Gasteiger partial charge in [0.1, 0.15) is 24.0 Å². The summed E-state index contributed by atoms with van der Waals surface area (Å²) in [5.74, 6) is 0.597. The third kappa shape index (κ3) is 9.10. The number of halogens is 2. The Bertz CT molecular complexity index is 2250. The van der Waals surface area contributed by atoms with Gasteiger partial charge in [0.25, 0.3) is 5.91 Å². The molecule has 3 aromatic carbocycles. The van der Waals surface area contributed by atoms with Crippen LogP contribution >= 0.6 is 23.4 Å². The number of nitrogens with one attached hydrogen (secondary N) is 2. The van der Waals surface area contributed by atoms with Crippen LogP contribution in [0.25, 0.3) is 10.9 Å². The fraction of sp³-hybridized carbons (Fsp3) is 0.429. The summed E-state index contributed by atoms with van der Waals surface area (Å²) in [6.07, 6.45) is 4.96. The molecule has 0 radical (unpaired) electrons. The van der Waals surface area contributed by atoms with Gasteiger partial charge < -0.3 is 29.5 Å². The minimum absolute atomic E-state index is 0.0141. The highest BCUT2D eigenvalue weighted by Crippen LogP contribution is 2.36. The van der Waals surface area contributed by atoms with Crippen LogP contribution in [0.1, 0.15) is 48.0 Å². The predicted molar refractivity (Wildman–Crippen MR) is 222 cm³/mol. The normalized spacial score (nSPS) is 19.2. The number of aromatic nitrogens is 2. The van der Waals surface area contributed by atoms with Gasteiger partial charge in [-0.2, -0.15) is 0 Å². The molecule has 3 fully saturated rings. The molecule has 4 amide bonds. The van der Waals surface area contributed by atoms with Crippen molar-refractivity contribution in [2.75, 3.05) is 70.6 Å². The Morgan fingerprint density at radius 2 is 1.81 bits per heavy atom. The fourth-order valence-electron chi connectivity index (χ4n) is 8.38. The summed E-state index contributed by atoms with van der Waals surface area (Å²) in [5, 5.41) is 6.29. The number of thioether (sulfide) groups is 1. The van der Waals surface area contributed by atoms with E-state index in [1.807, 2.05) is 29.2 Å². The first-order chi connectivity index (χ1) is 28.6. The van der Waals surface area contributed by atoms with E-state index < -0.39 is 17.8 Å². The summed E-state index contributed by atoms with van der Waals surface area (Å²) in [6, 6.07) is 13.4. The van der Waals surface area contributed by atoms with Crippen LogP contribution in [-0.2, 0) is 20.9 Å². The lowest BCUT2D eigenvalue weighted by Crippen LogP contribution is -2.54. The number of fused-ring (bicyclic) bond motifs is 2. The maximum absolute atomic E-state index is 13.7. The fourth-order valence-corrected chi connectivity index (χ4v) is 9.55. The topological polar surface area (TPSA) is 150 Å². The number of carbonyl (C=O) groups is 4. The number of amides is 4. The van der Waals surface area contributed by atoms with Crippen molar-refractivity contribution in [1.29, 1.82) is 0 Å². The van der Waals surface area contributed by atoms with Crippen LogP contribution in [0, 0.1) is 5.82 Å². The van der Waals surface area contributed by atoms with Crippen molar-refractivity contribution in [2.45, 2.75) is 55.6 Å². The highest BCUT2D eigenvalue weighted by Gasteiger charge is 2.40. The number of nitrogens with zero attached hydrogens (tertiary/aromatic N) is 6. The molecule has 310 valence electrons. The van der Waals surface area contributed by atoms with Crippen molar-refractivity contribution in [1.82, 2.24) is 34.9 Å². The van der Waals surface area contributed by atoms with Gasteiger partial charge in [0.2, 0.25) is 17.7 Å². The average molecular weight is 845 g/mol. The first-order valence-corrected chi connectivity index (χ1v) is 21.3. The molecule has 1 unspecified atom stereocenters. The predicted octanol–water partition coefficient (Wildman–Crippen LogP) is 5.11. The summed E-state index contributed by atoms with van der Waals surface area (Å²) in [5.41, 5.74) is 2.65. The lowest BCUT2D eigenvalue weighted by Gasteiger charge is -2.42. The van der Waals surface area contributed by atoms with Gasteiger partial charge in [0.05, 0.1) is 30.0 Å².